The number of hydrogen-bond acceptors (Lipinski definition) is 5. The highest BCUT2D eigenvalue weighted by atomic mass is 79.9. The van der Waals surface area contributed by atoms with E-state index < -0.39 is 0 Å². The number of aryl methyl sites for hydroxylation is 1. The molecule has 0 fully saturated rings. The summed E-state index contributed by atoms with van der Waals surface area (Å²) in [5.74, 6) is -0.251. The normalized spacial score (nSPS) is 13.7. The quantitative estimate of drug-likeness (QED) is 0.544. The van der Waals surface area contributed by atoms with E-state index in [1.807, 2.05) is 31.2 Å². The van der Waals surface area contributed by atoms with E-state index in [2.05, 4.69) is 25.9 Å². The van der Waals surface area contributed by atoms with Crippen LogP contribution in [0.1, 0.15) is 20.8 Å². The number of halogens is 1. The molecule has 0 saturated heterocycles. The maximum Gasteiger partial charge on any atom is 0.209 e. The molecule has 0 atom stereocenters. The molecule has 0 bridgehead atoms. The van der Waals surface area contributed by atoms with Gasteiger partial charge in [-0.1, -0.05) is 63.7 Å². The smallest absolute Gasteiger partial charge is 0.209 e. The second-order valence-electron chi connectivity index (χ2n) is 5.80. The van der Waals surface area contributed by atoms with Crippen LogP contribution >= 0.6 is 27.3 Å². The first-order valence-corrected chi connectivity index (χ1v) is 9.50. The lowest BCUT2D eigenvalue weighted by molar-refractivity contribution is 0.104. The summed E-state index contributed by atoms with van der Waals surface area (Å²) in [6.07, 6.45) is 1.40. The van der Waals surface area contributed by atoms with Crippen molar-refractivity contribution >= 4 is 50.2 Å². The number of Topliss-reactive ketones (excluding diaryl/α,β-unsaturated/α-hetero) is 1. The van der Waals surface area contributed by atoms with Crippen LogP contribution in [-0.4, -0.2) is 22.1 Å². The van der Waals surface area contributed by atoms with Crippen LogP contribution in [0.15, 0.2) is 63.6 Å². The summed E-state index contributed by atoms with van der Waals surface area (Å²) in [6, 6.07) is 14.9. The first-order chi connectivity index (χ1) is 12.5. The highest BCUT2D eigenvalue weighted by Gasteiger charge is 2.28. The number of carbonyl (C=O) groups is 1. The predicted molar refractivity (Wildman–Crippen MR) is 108 cm³/mol. The second kappa shape index (κ2) is 6.63. The summed E-state index contributed by atoms with van der Waals surface area (Å²) >= 11 is 4.87. The number of nitrogens with zero attached hydrogens (tertiary/aromatic N) is 2. The van der Waals surface area contributed by atoms with Crippen LogP contribution in [0.2, 0.25) is 0 Å². The highest BCUT2D eigenvalue weighted by molar-refractivity contribution is 9.10. The van der Waals surface area contributed by atoms with Crippen molar-refractivity contribution in [1.82, 2.24) is 4.98 Å². The molecule has 2 aromatic carbocycles. The number of ketones is 1. The third kappa shape index (κ3) is 2.91. The van der Waals surface area contributed by atoms with Crippen molar-refractivity contribution < 1.29 is 9.90 Å². The molecule has 4 nitrogen and oxygen atoms in total. The Labute approximate surface area is 162 Å². The molecular weight excluding hydrogens is 412 g/mol. The minimum Gasteiger partial charge on any atom is -0.506 e. The molecule has 0 radical (unpaired) electrons. The van der Waals surface area contributed by atoms with Crippen molar-refractivity contribution in [2.45, 2.75) is 6.92 Å². The van der Waals surface area contributed by atoms with Crippen molar-refractivity contribution in [1.29, 1.82) is 0 Å². The number of thiazole rings is 1. The lowest BCUT2D eigenvalue weighted by Gasteiger charge is -1.98. The van der Waals surface area contributed by atoms with Crippen molar-refractivity contribution in [3.63, 3.8) is 0 Å². The molecule has 0 saturated carbocycles. The van der Waals surface area contributed by atoms with Gasteiger partial charge in [0.1, 0.15) is 5.76 Å². The van der Waals surface area contributed by atoms with Crippen molar-refractivity contribution in [2.75, 3.05) is 0 Å². The number of carbonyl (C=O) groups excluding carboxylic acids is 1. The Morgan fingerprint density at radius 2 is 1.81 bits per heavy atom. The maximum atomic E-state index is 12.4. The monoisotopic (exact) mass is 424 g/mol. The van der Waals surface area contributed by atoms with Crippen LogP contribution < -0.4 is 0 Å². The number of aromatic nitrogens is 1. The molecule has 3 aromatic rings. The van der Waals surface area contributed by atoms with Gasteiger partial charge in [-0.25, -0.2) is 9.98 Å². The number of benzene rings is 2. The van der Waals surface area contributed by atoms with E-state index in [1.165, 1.54) is 17.6 Å². The van der Waals surface area contributed by atoms with E-state index in [1.54, 1.807) is 24.3 Å². The lowest BCUT2D eigenvalue weighted by atomic mass is 10.1. The average Bonchev–Trinajstić information content (AvgIpc) is 3.13. The summed E-state index contributed by atoms with van der Waals surface area (Å²) in [6.45, 7) is 1.99. The van der Waals surface area contributed by atoms with Gasteiger partial charge in [-0.15, -0.1) is 0 Å². The molecule has 0 unspecified atom stereocenters. The Bertz CT molecular complexity index is 1080. The van der Waals surface area contributed by atoms with Gasteiger partial charge in [-0.05, 0) is 19.1 Å². The number of aliphatic hydroxyl groups is 1. The molecule has 1 aromatic heterocycles. The van der Waals surface area contributed by atoms with Crippen LogP contribution in [0.25, 0.3) is 17.0 Å². The van der Waals surface area contributed by atoms with Crippen molar-refractivity contribution in [2.24, 2.45) is 4.99 Å². The molecule has 26 heavy (non-hydrogen) atoms. The Balaban J connectivity index is 1.65. The van der Waals surface area contributed by atoms with Gasteiger partial charge < -0.3 is 5.11 Å². The number of fused-ring (bicyclic) bond motifs is 1. The van der Waals surface area contributed by atoms with Crippen LogP contribution in [0, 0.1) is 6.92 Å². The van der Waals surface area contributed by atoms with E-state index in [0.717, 1.165) is 20.6 Å². The van der Waals surface area contributed by atoms with E-state index in [9.17, 15) is 9.90 Å². The molecule has 128 valence electrons. The number of hydrogen-bond donors (Lipinski definition) is 1. The van der Waals surface area contributed by atoms with Gasteiger partial charge >= 0.3 is 0 Å². The first kappa shape index (κ1) is 16.9. The largest absolute Gasteiger partial charge is 0.506 e. The van der Waals surface area contributed by atoms with E-state index in [0.29, 0.717) is 16.3 Å². The summed E-state index contributed by atoms with van der Waals surface area (Å²) in [7, 11) is 0. The molecule has 0 spiro atoms. The van der Waals surface area contributed by atoms with Gasteiger partial charge in [0, 0.05) is 32.3 Å². The van der Waals surface area contributed by atoms with Crippen LogP contribution in [0.3, 0.4) is 0 Å². The number of aliphatic imine (C=N–C) groups is 1. The average molecular weight is 425 g/mol. The van der Waals surface area contributed by atoms with Gasteiger partial charge in [0.2, 0.25) is 5.13 Å². The van der Waals surface area contributed by atoms with Gasteiger partial charge in [0.15, 0.2) is 5.78 Å². The minimum atomic E-state index is -0.219. The standard InChI is InChI=1S/C20H13BrN2O2S/c1-11-17(12-6-8-13(21)9-7-12)23-20(26-11)22-10-16-18(24)14-4-2-3-5-15(14)19(16)25/h2-10,24H,1H3/b22-10+. The van der Waals surface area contributed by atoms with E-state index >= 15 is 0 Å². The molecule has 1 aliphatic rings. The topological polar surface area (TPSA) is 62.6 Å². The van der Waals surface area contributed by atoms with Gasteiger partial charge in [0.05, 0.1) is 11.3 Å². The SMILES string of the molecule is Cc1sc(/N=C/C2=C(O)c3ccccc3C2=O)nc1-c1ccc(Br)cc1. The summed E-state index contributed by atoms with van der Waals surface area (Å²) in [5, 5.41) is 10.8. The van der Waals surface area contributed by atoms with Crippen molar-refractivity contribution in [3.8, 4) is 11.3 Å². The van der Waals surface area contributed by atoms with Gasteiger partial charge in [-0.2, -0.15) is 0 Å². The van der Waals surface area contributed by atoms with Crippen molar-refractivity contribution in [3.05, 3.63) is 74.6 Å². The number of aliphatic hydroxyl groups excluding tert-OH is 1. The van der Waals surface area contributed by atoms with Gasteiger partial charge in [-0.3, -0.25) is 4.79 Å². The highest BCUT2D eigenvalue weighted by Crippen LogP contribution is 2.34. The summed E-state index contributed by atoms with van der Waals surface area (Å²) in [4.78, 5) is 22.4. The molecule has 4 rings (SSSR count). The fourth-order valence-corrected chi connectivity index (χ4v) is 3.88. The first-order valence-electron chi connectivity index (χ1n) is 7.89. The maximum absolute atomic E-state index is 12.4. The fourth-order valence-electron chi connectivity index (χ4n) is 2.84. The molecular formula is C20H13BrN2O2S. The zero-order valence-corrected chi connectivity index (χ0v) is 16.1. The molecule has 1 N–H and O–H groups in total. The third-order valence-electron chi connectivity index (χ3n) is 4.13. The fraction of sp³-hybridized carbons (Fsp3) is 0.0500. The Morgan fingerprint density at radius 1 is 1.12 bits per heavy atom. The predicted octanol–water partition coefficient (Wildman–Crippen LogP) is 5.75. The van der Waals surface area contributed by atoms with Crippen LogP contribution in [0.5, 0.6) is 0 Å². The number of rotatable bonds is 3. The zero-order valence-electron chi connectivity index (χ0n) is 13.7. The van der Waals surface area contributed by atoms with Gasteiger partial charge in [0.25, 0.3) is 0 Å². The van der Waals surface area contributed by atoms with E-state index in [4.69, 9.17) is 0 Å². The second-order valence-corrected chi connectivity index (χ2v) is 7.90. The summed E-state index contributed by atoms with van der Waals surface area (Å²) in [5.41, 5.74) is 3.12. The molecule has 1 heterocycles. The van der Waals surface area contributed by atoms with E-state index in [-0.39, 0.29) is 17.1 Å². The Morgan fingerprint density at radius 3 is 2.50 bits per heavy atom. The molecule has 0 amide bonds. The lowest BCUT2D eigenvalue weighted by Crippen LogP contribution is -1.99. The molecule has 1 aliphatic carbocycles. The van der Waals surface area contributed by atoms with Crippen LogP contribution in [0.4, 0.5) is 5.13 Å². The molecule has 6 heteroatoms. The summed E-state index contributed by atoms with van der Waals surface area (Å²) < 4.78 is 1.01. The third-order valence-corrected chi connectivity index (χ3v) is 5.54. The minimum absolute atomic E-state index is 0.0317. The molecule has 0 aliphatic heterocycles. The number of allylic oxidation sites excluding steroid dienone is 1. The Hall–Kier alpha value is -2.57. The zero-order chi connectivity index (χ0) is 18.3. The Kier molecular flexibility index (Phi) is 4.30. The van der Waals surface area contributed by atoms with Crippen LogP contribution in [-0.2, 0) is 0 Å².